The van der Waals surface area contributed by atoms with Crippen LogP contribution in [0.25, 0.3) is 22.8 Å². The summed E-state index contributed by atoms with van der Waals surface area (Å²) < 4.78 is 5.35. The Morgan fingerprint density at radius 1 is 1.03 bits per heavy atom. The fourth-order valence-electron chi connectivity index (χ4n) is 3.86. The van der Waals surface area contributed by atoms with Gasteiger partial charge in [0, 0.05) is 38.5 Å². The first-order valence-electron chi connectivity index (χ1n) is 10.9. The van der Waals surface area contributed by atoms with E-state index in [0.717, 1.165) is 5.69 Å². The monoisotopic (exact) mass is 457 g/mol. The summed E-state index contributed by atoms with van der Waals surface area (Å²) in [4.78, 5) is 31.7. The van der Waals surface area contributed by atoms with Crippen molar-refractivity contribution in [3.63, 3.8) is 0 Å². The highest BCUT2D eigenvalue weighted by atomic mass is 16.5. The molecule has 2 atom stereocenters. The number of hydrogen-bond donors (Lipinski definition) is 2. The van der Waals surface area contributed by atoms with E-state index in [2.05, 4.69) is 30.4 Å². The summed E-state index contributed by atoms with van der Waals surface area (Å²) in [6.45, 7) is 2.43. The second kappa shape index (κ2) is 8.64. The fourth-order valence-corrected chi connectivity index (χ4v) is 3.86. The van der Waals surface area contributed by atoms with Crippen LogP contribution in [0.4, 0.5) is 5.95 Å². The molecule has 34 heavy (non-hydrogen) atoms. The third-order valence-corrected chi connectivity index (χ3v) is 5.83. The molecule has 10 nitrogen and oxygen atoms in total. The van der Waals surface area contributed by atoms with Crippen LogP contribution in [0.5, 0.6) is 0 Å². The van der Waals surface area contributed by atoms with Gasteiger partial charge in [-0.3, -0.25) is 9.78 Å². The minimum Gasteiger partial charge on any atom is -0.373 e. The van der Waals surface area contributed by atoms with Crippen molar-refractivity contribution in [2.24, 2.45) is 0 Å². The molecule has 0 radical (unpaired) electrons. The Bertz CT molecular complexity index is 1330. The number of anilines is 1. The van der Waals surface area contributed by atoms with Gasteiger partial charge < -0.3 is 19.8 Å². The second-order valence-corrected chi connectivity index (χ2v) is 8.21. The van der Waals surface area contributed by atoms with Gasteiger partial charge in [0.15, 0.2) is 5.76 Å². The van der Waals surface area contributed by atoms with Crippen LogP contribution in [-0.4, -0.2) is 54.6 Å². The number of amides is 1. The van der Waals surface area contributed by atoms with Crippen molar-refractivity contribution in [2.75, 3.05) is 18.9 Å². The van der Waals surface area contributed by atoms with Gasteiger partial charge in [0.25, 0.3) is 5.91 Å². The lowest BCUT2D eigenvalue weighted by molar-refractivity contribution is -0.144. The number of likely N-dealkylation sites (N-methyl/N-ethyl adjacent to an activating group) is 1. The van der Waals surface area contributed by atoms with Gasteiger partial charge in [-0.25, -0.2) is 15.0 Å². The maximum atomic E-state index is 12.4. The van der Waals surface area contributed by atoms with Gasteiger partial charge in [-0.15, -0.1) is 0 Å². The zero-order chi connectivity index (χ0) is 23.7. The first-order chi connectivity index (χ1) is 16.4. The van der Waals surface area contributed by atoms with Crippen molar-refractivity contribution >= 4 is 11.9 Å². The molecule has 0 aromatic carbocycles. The maximum absolute atomic E-state index is 12.4. The molecule has 172 valence electrons. The van der Waals surface area contributed by atoms with Gasteiger partial charge in [0.2, 0.25) is 11.5 Å². The Hall–Kier alpha value is -4.18. The van der Waals surface area contributed by atoms with E-state index in [9.17, 15) is 9.90 Å². The van der Waals surface area contributed by atoms with E-state index in [1.165, 1.54) is 4.90 Å². The van der Waals surface area contributed by atoms with E-state index in [1.807, 2.05) is 37.3 Å². The summed E-state index contributed by atoms with van der Waals surface area (Å²) in [5.41, 5.74) is 1.38. The summed E-state index contributed by atoms with van der Waals surface area (Å²) >= 11 is 0. The number of aromatic nitrogens is 5. The van der Waals surface area contributed by atoms with Crippen molar-refractivity contribution < 1.29 is 14.4 Å². The minimum atomic E-state index is -1.70. The predicted octanol–water partition coefficient (Wildman–Crippen LogP) is 2.81. The Morgan fingerprint density at radius 2 is 1.82 bits per heavy atom. The molecule has 1 amide bonds. The first kappa shape index (κ1) is 21.7. The van der Waals surface area contributed by atoms with Crippen LogP contribution in [0.3, 0.4) is 0 Å². The zero-order valence-corrected chi connectivity index (χ0v) is 18.7. The summed E-state index contributed by atoms with van der Waals surface area (Å²) in [5.74, 6) is 0.164. The van der Waals surface area contributed by atoms with Gasteiger partial charge in [-0.05, 0) is 37.3 Å². The molecule has 5 heterocycles. The van der Waals surface area contributed by atoms with Crippen molar-refractivity contribution in [1.29, 1.82) is 0 Å². The average Bonchev–Trinajstić information content (AvgIpc) is 3.47. The van der Waals surface area contributed by atoms with E-state index < -0.39 is 11.5 Å². The topological polar surface area (TPSA) is 130 Å². The molecular weight excluding hydrogens is 434 g/mol. The molecule has 2 N–H and O–H groups in total. The molecule has 1 saturated heterocycles. The Labute approximate surface area is 195 Å². The number of nitrogens with one attached hydrogen (secondary N) is 1. The van der Waals surface area contributed by atoms with Gasteiger partial charge in [-0.2, -0.15) is 0 Å². The smallest absolute Gasteiger partial charge is 0.262 e. The highest BCUT2D eigenvalue weighted by molar-refractivity contribution is 5.87. The van der Waals surface area contributed by atoms with E-state index >= 15 is 0 Å². The standard InChI is InChI=1S/C24H23N7O3/c1-15(16-6-3-4-11-25-16)27-23-26-12-9-19(29-23)17-7-5-8-18(28-17)20-14-21(34-30-20)24(33)10-13-31(2)22(24)32/h3-9,11-12,14-15,33H,10,13H2,1-2H3,(H,26,27,29). The van der Waals surface area contributed by atoms with Gasteiger partial charge in [0.1, 0.15) is 5.69 Å². The Kier molecular flexibility index (Phi) is 5.50. The van der Waals surface area contributed by atoms with Crippen molar-refractivity contribution in [3.05, 3.63) is 72.4 Å². The molecule has 4 aromatic heterocycles. The Balaban J connectivity index is 1.39. The number of nitrogens with zero attached hydrogens (tertiary/aromatic N) is 6. The SMILES string of the molecule is CC(Nc1nccc(-c2cccc(-c3cc(C4(O)CCN(C)C4=O)on3)n2)n1)c1ccccn1. The number of carbonyl (C=O) groups excluding carboxylic acids is 1. The van der Waals surface area contributed by atoms with Crippen LogP contribution in [-0.2, 0) is 10.4 Å². The third kappa shape index (κ3) is 3.99. The summed E-state index contributed by atoms with van der Waals surface area (Å²) in [6, 6.07) is 14.4. The molecule has 1 aliphatic heterocycles. The molecule has 0 saturated carbocycles. The molecule has 10 heteroatoms. The van der Waals surface area contributed by atoms with Gasteiger partial charge >= 0.3 is 0 Å². The van der Waals surface area contributed by atoms with Crippen LogP contribution in [0.1, 0.15) is 30.8 Å². The third-order valence-electron chi connectivity index (χ3n) is 5.83. The maximum Gasteiger partial charge on any atom is 0.262 e. The molecule has 0 aliphatic carbocycles. The van der Waals surface area contributed by atoms with Crippen molar-refractivity contribution in [3.8, 4) is 22.8 Å². The second-order valence-electron chi connectivity index (χ2n) is 8.21. The predicted molar refractivity (Wildman–Crippen MR) is 123 cm³/mol. The average molecular weight is 457 g/mol. The first-order valence-corrected chi connectivity index (χ1v) is 10.9. The highest BCUT2D eigenvalue weighted by Crippen LogP contribution is 2.34. The number of carbonyl (C=O) groups is 1. The van der Waals surface area contributed by atoms with Gasteiger partial charge in [-0.1, -0.05) is 17.3 Å². The quantitative estimate of drug-likeness (QED) is 0.449. The van der Waals surface area contributed by atoms with Crippen molar-refractivity contribution in [2.45, 2.75) is 25.0 Å². The van der Waals surface area contributed by atoms with Crippen LogP contribution < -0.4 is 5.32 Å². The highest BCUT2D eigenvalue weighted by Gasteiger charge is 2.48. The zero-order valence-electron chi connectivity index (χ0n) is 18.7. The molecular formula is C24H23N7O3. The molecule has 1 aliphatic rings. The largest absolute Gasteiger partial charge is 0.373 e. The molecule has 4 aromatic rings. The number of aliphatic hydroxyl groups is 1. The molecule has 5 rings (SSSR count). The lowest BCUT2D eigenvalue weighted by atomic mass is 9.98. The molecule has 1 fully saturated rings. The van der Waals surface area contributed by atoms with Crippen LogP contribution in [0, 0.1) is 0 Å². The molecule has 2 unspecified atom stereocenters. The minimum absolute atomic E-state index is 0.0764. The van der Waals surface area contributed by atoms with Crippen LogP contribution in [0.2, 0.25) is 0 Å². The number of rotatable bonds is 6. The van der Waals surface area contributed by atoms with E-state index in [-0.39, 0.29) is 18.2 Å². The van der Waals surface area contributed by atoms with Crippen LogP contribution in [0.15, 0.2) is 65.4 Å². The fraction of sp³-hybridized carbons (Fsp3) is 0.250. The molecule has 0 spiro atoms. The number of likely N-dealkylation sites (tertiary alicyclic amines) is 1. The van der Waals surface area contributed by atoms with E-state index in [4.69, 9.17) is 4.52 Å². The number of pyridine rings is 2. The van der Waals surface area contributed by atoms with Crippen molar-refractivity contribution in [1.82, 2.24) is 30.0 Å². The normalized spacial score (nSPS) is 18.8. The van der Waals surface area contributed by atoms with E-state index in [0.29, 0.717) is 35.3 Å². The lowest BCUT2D eigenvalue weighted by Crippen LogP contribution is -2.35. The number of hydrogen-bond acceptors (Lipinski definition) is 9. The Morgan fingerprint density at radius 3 is 2.56 bits per heavy atom. The summed E-state index contributed by atoms with van der Waals surface area (Å²) in [5, 5.41) is 18.1. The van der Waals surface area contributed by atoms with Crippen LogP contribution >= 0.6 is 0 Å². The van der Waals surface area contributed by atoms with Gasteiger partial charge in [0.05, 0.1) is 28.8 Å². The summed E-state index contributed by atoms with van der Waals surface area (Å²) in [6.07, 6.45) is 3.66. The molecule has 0 bridgehead atoms. The summed E-state index contributed by atoms with van der Waals surface area (Å²) in [7, 11) is 1.64. The lowest BCUT2D eigenvalue weighted by Gasteiger charge is -2.16. The van der Waals surface area contributed by atoms with E-state index in [1.54, 1.807) is 37.6 Å².